The first kappa shape index (κ1) is 11.9. The highest BCUT2D eigenvalue weighted by Gasteiger charge is 2.20. The Morgan fingerprint density at radius 3 is 2.69 bits per heavy atom. The molecule has 1 heterocycles. The molecule has 2 atom stereocenters. The van der Waals surface area contributed by atoms with E-state index in [1.54, 1.807) is 0 Å². The molecule has 2 nitrogen and oxygen atoms in total. The number of piperidine rings is 1. The quantitative estimate of drug-likeness (QED) is 0.919. The molecule has 0 aliphatic carbocycles. The number of rotatable bonds is 3. The Balaban J connectivity index is 1.90. The number of hydrogen-bond acceptors (Lipinski definition) is 2. The van der Waals surface area contributed by atoms with Crippen LogP contribution in [0.5, 0.6) is 5.75 Å². The molecule has 0 aromatic heterocycles. The van der Waals surface area contributed by atoms with E-state index < -0.39 is 0 Å². The molecule has 2 rings (SSSR count). The molecule has 0 spiro atoms. The molecule has 0 radical (unpaired) electrons. The fourth-order valence-corrected chi connectivity index (χ4v) is 2.35. The summed E-state index contributed by atoms with van der Waals surface area (Å²) in [6, 6.07) is 8.52. The van der Waals surface area contributed by atoms with E-state index in [0.29, 0.717) is 6.04 Å². The van der Waals surface area contributed by atoms with Crippen molar-refractivity contribution < 1.29 is 4.74 Å². The molecular weight excluding hydrogens is 266 g/mol. The van der Waals surface area contributed by atoms with Crippen LogP contribution in [0.1, 0.15) is 26.2 Å². The van der Waals surface area contributed by atoms with Crippen LogP contribution in [0.25, 0.3) is 0 Å². The normalized spacial score (nSPS) is 22.8. The number of benzene rings is 1. The van der Waals surface area contributed by atoms with Crippen LogP contribution in [-0.4, -0.2) is 18.7 Å². The lowest BCUT2D eigenvalue weighted by Crippen LogP contribution is -2.44. The van der Waals surface area contributed by atoms with Crippen LogP contribution in [0, 0.1) is 0 Å². The van der Waals surface area contributed by atoms with Gasteiger partial charge in [0.1, 0.15) is 11.9 Å². The van der Waals surface area contributed by atoms with Crippen molar-refractivity contribution in [3.8, 4) is 5.75 Å². The zero-order chi connectivity index (χ0) is 11.4. The maximum atomic E-state index is 5.93. The molecule has 88 valence electrons. The summed E-state index contributed by atoms with van der Waals surface area (Å²) in [5, 5.41) is 3.52. The monoisotopic (exact) mass is 283 g/mol. The molecule has 16 heavy (non-hydrogen) atoms. The molecule has 1 saturated heterocycles. The second-order valence-corrected chi connectivity index (χ2v) is 5.25. The highest BCUT2D eigenvalue weighted by Crippen LogP contribution is 2.20. The summed E-state index contributed by atoms with van der Waals surface area (Å²) >= 11 is 3.42. The zero-order valence-electron chi connectivity index (χ0n) is 9.58. The van der Waals surface area contributed by atoms with Gasteiger partial charge < -0.3 is 10.1 Å². The van der Waals surface area contributed by atoms with E-state index in [1.807, 2.05) is 24.3 Å². The lowest BCUT2D eigenvalue weighted by molar-refractivity contribution is 0.152. The molecule has 1 aromatic rings. The minimum Gasteiger partial charge on any atom is -0.489 e. The highest BCUT2D eigenvalue weighted by molar-refractivity contribution is 9.10. The Hall–Kier alpha value is -0.540. The molecule has 1 aliphatic rings. The first-order valence-corrected chi connectivity index (χ1v) is 6.70. The van der Waals surface area contributed by atoms with E-state index in [9.17, 15) is 0 Å². The number of nitrogens with one attached hydrogen (secondary N) is 1. The predicted octanol–water partition coefficient (Wildman–Crippen LogP) is 3.36. The third-order valence-corrected chi connectivity index (χ3v) is 3.58. The van der Waals surface area contributed by atoms with Crippen molar-refractivity contribution in [1.82, 2.24) is 5.32 Å². The van der Waals surface area contributed by atoms with Gasteiger partial charge in [0.2, 0.25) is 0 Å². The Kier molecular flexibility index (Phi) is 4.24. The van der Waals surface area contributed by atoms with Gasteiger partial charge in [0.15, 0.2) is 0 Å². The molecule has 0 amide bonds. The van der Waals surface area contributed by atoms with Gasteiger partial charge in [0, 0.05) is 10.5 Å². The molecular formula is C13H18BrNO. The van der Waals surface area contributed by atoms with Gasteiger partial charge in [-0.05, 0) is 50.6 Å². The summed E-state index contributed by atoms with van der Waals surface area (Å²) in [4.78, 5) is 0. The van der Waals surface area contributed by atoms with Crippen LogP contribution in [0.15, 0.2) is 28.7 Å². The van der Waals surface area contributed by atoms with Crippen molar-refractivity contribution >= 4 is 15.9 Å². The van der Waals surface area contributed by atoms with Gasteiger partial charge in [0.25, 0.3) is 0 Å². The summed E-state index contributed by atoms with van der Waals surface area (Å²) in [6.07, 6.45) is 4.06. The van der Waals surface area contributed by atoms with Gasteiger partial charge in [-0.15, -0.1) is 0 Å². The third-order valence-electron chi connectivity index (χ3n) is 3.05. The first-order valence-electron chi connectivity index (χ1n) is 5.91. The van der Waals surface area contributed by atoms with Crippen LogP contribution < -0.4 is 10.1 Å². The van der Waals surface area contributed by atoms with E-state index in [2.05, 4.69) is 28.2 Å². The maximum absolute atomic E-state index is 5.93. The fraction of sp³-hybridized carbons (Fsp3) is 0.538. The fourth-order valence-electron chi connectivity index (χ4n) is 2.09. The van der Waals surface area contributed by atoms with Crippen molar-refractivity contribution in [2.24, 2.45) is 0 Å². The molecule has 1 N–H and O–H groups in total. The Labute approximate surface area is 106 Å². The van der Waals surface area contributed by atoms with Crippen LogP contribution in [-0.2, 0) is 0 Å². The van der Waals surface area contributed by atoms with Gasteiger partial charge in [-0.1, -0.05) is 22.4 Å². The average Bonchev–Trinajstić information content (AvgIpc) is 2.33. The number of hydrogen-bond donors (Lipinski definition) is 1. The lowest BCUT2D eigenvalue weighted by Gasteiger charge is -2.29. The number of halogens is 1. The highest BCUT2D eigenvalue weighted by atomic mass is 79.9. The van der Waals surface area contributed by atoms with E-state index in [-0.39, 0.29) is 6.10 Å². The van der Waals surface area contributed by atoms with Gasteiger partial charge in [-0.2, -0.15) is 0 Å². The Bertz CT molecular complexity index is 319. The summed E-state index contributed by atoms with van der Waals surface area (Å²) in [7, 11) is 0. The molecule has 0 saturated carbocycles. The topological polar surface area (TPSA) is 21.3 Å². The van der Waals surface area contributed by atoms with Crippen molar-refractivity contribution in [1.29, 1.82) is 0 Å². The van der Waals surface area contributed by atoms with E-state index in [4.69, 9.17) is 4.74 Å². The molecule has 1 fully saturated rings. The first-order chi connectivity index (χ1) is 7.75. The summed E-state index contributed by atoms with van der Waals surface area (Å²) in [5.74, 6) is 0.947. The van der Waals surface area contributed by atoms with Gasteiger partial charge in [0.05, 0.1) is 0 Å². The number of ether oxygens (including phenoxy) is 1. The molecule has 2 unspecified atom stereocenters. The SMILES string of the molecule is CC(Oc1ccc(Br)cc1)C1CCCCN1. The van der Waals surface area contributed by atoms with E-state index >= 15 is 0 Å². The zero-order valence-corrected chi connectivity index (χ0v) is 11.2. The molecule has 3 heteroatoms. The van der Waals surface area contributed by atoms with Gasteiger partial charge in [-0.3, -0.25) is 0 Å². The van der Waals surface area contributed by atoms with Gasteiger partial charge >= 0.3 is 0 Å². The lowest BCUT2D eigenvalue weighted by atomic mass is 10.0. The van der Waals surface area contributed by atoms with Gasteiger partial charge in [-0.25, -0.2) is 0 Å². The second-order valence-electron chi connectivity index (χ2n) is 4.33. The summed E-state index contributed by atoms with van der Waals surface area (Å²) in [5.41, 5.74) is 0. The van der Waals surface area contributed by atoms with Crippen molar-refractivity contribution in [2.45, 2.75) is 38.3 Å². The Morgan fingerprint density at radius 1 is 1.31 bits per heavy atom. The van der Waals surface area contributed by atoms with Crippen molar-refractivity contribution in [3.05, 3.63) is 28.7 Å². The van der Waals surface area contributed by atoms with Crippen molar-refractivity contribution in [3.63, 3.8) is 0 Å². The predicted molar refractivity (Wildman–Crippen MR) is 69.9 cm³/mol. The average molecular weight is 284 g/mol. The van der Waals surface area contributed by atoms with E-state index in [0.717, 1.165) is 16.8 Å². The minimum atomic E-state index is 0.237. The Morgan fingerprint density at radius 2 is 2.06 bits per heavy atom. The third kappa shape index (κ3) is 3.22. The van der Waals surface area contributed by atoms with Crippen LogP contribution >= 0.6 is 15.9 Å². The molecule has 1 aliphatic heterocycles. The largest absolute Gasteiger partial charge is 0.489 e. The summed E-state index contributed by atoms with van der Waals surface area (Å²) in [6.45, 7) is 3.27. The standard InChI is InChI=1S/C13H18BrNO/c1-10(13-4-2-3-9-15-13)16-12-7-5-11(14)6-8-12/h5-8,10,13,15H,2-4,9H2,1H3. The van der Waals surface area contributed by atoms with Crippen LogP contribution in [0.2, 0.25) is 0 Å². The molecule has 1 aromatic carbocycles. The maximum Gasteiger partial charge on any atom is 0.119 e. The summed E-state index contributed by atoms with van der Waals surface area (Å²) < 4.78 is 7.01. The second kappa shape index (κ2) is 5.69. The minimum absolute atomic E-state index is 0.237. The molecule has 0 bridgehead atoms. The van der Waals surface area contributed by atoms with E-state index in [1.165, 1.54) is 19.3 Å². The van der Waals surface area contributed by atoms with Crippen molar-refractivity contribution in [2.75, 3.05) is 6.54 Å². The van der Waals surface area contributed by atoms with Crippen LogP contribution in [0.4, 0.5) is 0 Å². The van der Waals surface area contributed by atoms with Crippen LogP contribution in [0.3, 0.4) is 0 Å². The smallest absolute Gasteiger partial charge is 0.119 e.